The summed E-state index contributed by atoms with van der Waals surface area (Å²) in [7, 11) is 0. The fourth-order valence-electron chi connectivity index (χ4n) is 6.65. The minimum atomic E-state index is -4.78. The molecular formula is C48H62F3N7O10. The maximum absolute atomic E-state index is 14.5. The number of hydrogen-bond acceptors (Lipinski definition) is 10. The Hall–Kier alpha value is -6.67. The molecule has 0 spiro atoms. The predicted octanol–water partition coefficient (Wildman–Crippen LogP) is 3.17. The van der Waals surface area contributed by atoms with Gasteiger partial charge in [0.15, 0.2) is 0 Å². The standard InChI is InChI=1S/C48H62F3N7O10/c1-28(2)21-36(42(63)53-35(24-59)23-48(49,50)51)55-46(67)40(47(5,6)7)58-43(64)37(22-33-16-12-11-13-29(33)3)54-45(66)39(27-68-26-31-14-9-8-10-15-31)57-44(65)38(25-60)56-41(62)32-17-19-34(20-18-32)52-30(4)61/h8-20,24,28,35-40,60H,21-23,25-27H2,1-7H3,(H,52,61)(H,53,63)(H,54,66)(H,55,67)(H,56,62)(H,57,65)(H,58,64)/t35?,36-,37-,38-,39-,40+/m0/s1/i26D/t26?,35?,36-,37-,38-,39-,40+. The van der Waals surface area contributed by atoms with Gasteiger partial charge in [0, 0.05) is 24.6 Å². The average Bonchev–Trinajstić information content (AvgIpc) is 3.27. The first kappa shape index (κ1) is 53.9. The van der Waals surface area contributed by atoms with E-state index in [2.05, 4.69) is 31.9 Å². The predicted molar refractivity (Wildman–Crippen MR) is 245 cm³/mol. The molecule has 0 aliphatic carbocycles. The number of aldehydes is 1. The molecule has 17 nitrogen and oxygen atoms in total. The van der Waals surface area contributed by atoms with Gasteiger partial charge in [-0.3, -0.25) is 33.6 Å². The molecule has 370 valence electrons. The molecule has 20 heteroatoms. The third-order valence-corrected chi connectivity index (χ3v) is 10.2. The molecule has 7 amide bonds. The molecule has 0 radical (unpaired) electrons. The first-order chi connectivity index (χ1) is 32.3. The van der Waals surface area contributed by atoms with Crippen LogP contribution in [0.3, 0.4) is 0 Å². The van der Waals surface area contributed by atoms with Gasteiger partial charge in [0.1, 0.15) is 36.5 Å². The minimum absolute atomic E-state index is 0.0565. The van der Waals surface area contributed by atoms with E-state index in [1.165, 1.54) is 31.2 Å². The normalized spacial score (nSPS) is 14.9. The molecule has 0 fully saturated rings. The summed E-state index contributed by atoms with van der Waals surface area (Å²) in [5.74, 6) is -6.33. The van der Waals surface area contributed by atoms with Gasteiger partial charge < -0.3 is 51.9 Å². The third kappa shape index (κ3) is 18.9. The van der Waals surface area contributed by atoms with Crippen LogP contribution in [0.25, 0.3) is 0 Å². The Morgan fingerprint density at radius 2 is 1.28 bits per heavy atom. The maximum atomic E-state index is 14.5. The lowest BCUT2D eigenvalue weighted by atomic mass is 9.85. The molecule has 0 aliphatic rings. The van der Waals surface area contributed by atoms with Gasteiger partial charge in [0.25, 0.3) is 5.91 Å². The number of benzene rings is 3. The van der Waals surface area contributed by atoms with Gasteiger partial charge >= 0.3 is 6.18 Å². The highest BCUT2D eigenvalue weighted by molar-refractivity contribution is 6.00. The third-order valence-electron chi connectivity index (χ3n) is 10.2. The van der Waals surface area contributed by atoms with Crippen LogP contribution in [-0.4, -0.2) is 108 Å². The molecule has 3 aromatic rings. The van der Waals surface area contributed by atoms with Crippen LogP contribution < -0.4 is 37.2 Å². The molecule has 8 N–H and O–H groups in total. The van der Waals surface area contributed by atoms with Crippen LogP contribution in [-0.2, 0) is 51.3 Å². The van der Waals surface area contributed by atoms with Gasteiger partial charge in [0.05, 0.1) is 33.6 Å². The van der Waals surface area contributed by atoms with Gasteiger partial charge in [-0.25, -0.2) is 0 Å². The van der Waals surface area contributed by atoms with Crippen molar-refractivity contribution >= 4 is 53.3 Å². The van der Waals surface area contributed by atoms with E-state index in [9.17, 15) is 56.6 Å². The molecule has 0 saturated heterocycles. The zero-order chi connectivity index (χ0) is 51.6. The second kappa shape index (κ2) is 26.0. The minimum Gasteiger partial charge on any atom is -0.394 e. The number of halogens is 3. The largest absolute Gasteiger partial charge is 0.394 e. The Balaban J connectivity index is 1.96. The summed E-state index contributed by atoms with van der Waals surface area (Å²) in [6.45, 7) is 8.31. The van der Waals surface area contributed by atoms with E-state index >= 15 is 0 Å². The Kier molecular flexibility index (Phi) is 20.6. The lowest BCUT2D eigenvalue weighted by Gasteiger charge is -2.34. The number of hydrogen-bond donors (Lipinski definition) is 8. The lowest BCUT2D eigenvalue weighted by Crippen LogP contribution is -2.62. The highest BCUT2D eigenvalue weighted by Gasteiger charge is 2.39. The van der Waals surface area contributed by atoms with Gasteiger partial charge in [0.2, 0.25) is 35.4 Å². The number of aliphatic hydroxyl groups excluding tert-OH is 1. The first-order valence-corrected chi connectivity index (χ1v) is 21.8. The molecule has 0 saturated carbocycles. The number of carbonyl (C=O) groups is 8. The number of ether oxygens (including phenoxy) is 1. The number of alkyl halides is 3. The van der Waals surface area contributed by atoms with Crippen LogP contribution in [0.15, 0.2) is 78.9 Å². The van der Waals surface area contributed by atoms with Crippen LogP contribution in [0.1, 0.15) is 82.8 Å². The van der Waals surface area contributed by atoms with E-state index in [1.807, 2.05) is 5.32 Å². The summed E-state index contributed by atoms with van der Waals surface area (Å²) >= 11 is 0. The zero-order valence-electron chi connectivity index (χ0n) is 40.0. The van der Waals surface area contributed by atoms with E-state index in [0.29, 0.717) is 16.8 Å². The Morgan fingerprint density at radius 3 is 1.84 bits per heavy atom. The summed E-state index contributed by atoms with van der Waals surface area (Å²) in [6.07, 6.45) is -6.70. The zero-order valence-corrected chi connectivity index (χ0v) is 39.0. The number of aliphatic hydroxyl groups is 1. The number of amides is 7. The molecule has 0 heterocycles. The summed E-state index contributed by atoms with van der Waals surface area (Å²) in [5.41, 5.74) is 1.07. The van der Waals surface area contributed by atoms with Crippen LogP contribution in [0, 0.1) is 18.3 Å². The Labute approximate surface area is 394 Å². The van der Waals surface area contributed by atoms with Gasteiger partial charge in [-0.2, -0.15) is 13.2 Å². The highest BCUT2D eigenvalue weighted by Crippen LogP contribution is 2.23. The van der Waals surface area contributed by atoms with Crippen molar-refractivity contribution in [1.29, 1.82) is 0 Å². The molecule has 2 unspecified atom stereocenters. The highest BCUT2D eigenvalue weighted by atomic mass is 19.4. The molecule has 0 bridgehead atoms. The van der Waals surface area contributed by atoms with Crippen LogP contribution in [0.2, 0.25) is 0 Å². The smallest absolute Gasteiger partial charge is 0.391 e. The fraction of sp³-hybridized carbons (Fsp3) is 0.458. The molecule has 7 atom stereocenters. The number of aryl methyl sites for hydroxylation is 1. The Morgan fingerprint density at radius 1 is 0.721 bits per heavy atom. The van der Waals surface area contributed by atoms with Crippen LogP contribution >= 0.6 is 0 Å². The van der Waals surface area contributed by atoms with Crippen molar-refractivity contribution in [2.45, 2.75) is 117 Å². The second-order valence-corrected chi connectivity index (χ2v) is 17.7. The van der Waals surface area contributed by atoms with Crippen LogP contribution in [0.5, 0.6) is 0 Å². The SMILES string of the molecule is [2H]C(OC[C@H](NC(=O)[C@H](CO)NC(=O)c1ccc(NC(C)=O)cc1)C(=O)N[C@@H](Cc1ccccc1C)C(=O)N[C@H](C(=O)N[C@@H](CC(C)C)C(=O)NC(C=O)CC(F)(F)F)C(C)(C)C)c1ccccc1. The topological polar surface area (TPSA) is 250 Å². The van der Waals surface area contributed by atoms with Crippen molar-refractivity contribution in [3.8, 4) is 0 Å². The van der Waals surface area contributed by atoms with E-state index in [-0.39, 0.29) is 36.5 Å². The van der Waals surface area contributed by atoms with Crippen molar-refractivity contribution in [2.75, 3.05) is 18.5 Å². The average molecular weight is 955 g/mol. The lowest BCUT2D eigenvalue weighted by molar-refractivity contribution is -0.147. The molecule has 3 aromatic carbocycles. The van der Waals surface area contributed by atoms with E-state index in [0.717, 1.165) is 5.56 Å². The van der Waals surface area contributed by atoms with Crippen LogP contribution in [0.4, 0.5) is 18.9 Å². The number of carbonyl (C=O) groups excluding carboxylic acids is 8. The number of rotatable bonds is 24. The summed E-state index contributed by atoms with van der Waals surface area (Å²) < 4.78 is 53.7. The van der Waals surface area contributed by atoms with Crippen molar-refractivity contribution in [1.82, 2.24) is 31.9 Å². The molecule has 0 aliphatic heterocycles. The van der Waals surface area contributed by atoms with Crippen molar-refractivity contribution in [3.05, 3.63) is 101 Å². The van der Waals surface area contributed by atoms with Crippen molar-refractivity contribution < 1.29 is 62.7 Å². The molecule has 68 heavy (non-hydrogen) atoms. The summed E-state index contributed by atoms with van der Waals surface area (Å²) in [5, 5.41) is 27.5. The summed E-state index contributed by atoms with van der Waals surface area (Å²) in [6, 6.07) is 11.2. The van der Waals surface area contributed by atoms with E-state index in [4.69, 9.17) is 6.11 Å². The second-order valence-electron chi connectivity index (χ2n) is 17.7. The molecular weight excluding hydrogens is 892 g/mol. The molecule has 3 rings (SSSR count). The first-order valence-electron chi connectivity index (χ1n) is 22.4. The Bertz CT molecular complexity index is 2240. The maximum Gasteiger partial charge on any atom is 0.391 e. The van der Waals surface area contributed by atoms with Gasteiger partial charge in [-0.05, 0) is 65.6 Å². The van der Waals surface area contributed by atoms with Gasteiger partial charge in [-0.1, -0.05) is 89.2 Å². The van der Waals surface area contributed by atoms with E-state index < -0.39 is 110 Å². The quantitative estimate of drug-likeness (QED) is 0.0610. The fourth-order valence-corrected chi connectivity index (χ4v) is 6.65. The van der Waals surface area contributed by atoms with Gasteiger partial charge in [-0.15, -0.1) is 0 Å². The number of anilines is 1. The summed E-state index contributed by atoms with van der Waals surface area (Å²) in [4.78, 5) is 106. The monoisotopic (exact) mass is 954 g/mol. The number of nitrogens with one attached hydrogen (secondary N) is 7. The van der Waals surface area contributed by atoms with E-state index in [1.54, 1.807) is 96.1 Å². The molecule has 0 aromatic heterocycles. The van der Waals surface area contributed by atoms with Crippen molar-refractivity contribution in [3.63, 3.8) is 0 Å². The van der Waals surface area contributed by atoms with Crippen molar-refractivity contribution in [2.24, 2.45) is 11.3 Å².